The van der Waals surface area contributed by atoms with Gasteiger partial charge in [0, 0.05) is 30.3 Å². The molecule has 120 valence electrons. The van der Waals surface area contributed by atoms with Crippen LogP contribution in [0.15, 0.2) is 6.07 Å². The number of hydrogen-bond acceptors (Lipinski definition) is 4. The van der Waals surface area contributed by atoms with Gasteiger partial charge in [-0.15, -0.1) is 5.10 Å². The first kappa shape index (κ1) is 16.5. The maximum atomic E-state index is 12.1. The van der Waals surface area contributed by atoms with Gasteiger partial charge in [0.1, 0.15) is 0 Å². The second kappa shape index (κ2) is 6.48. The second-order valence-electron chi connectivity index (χ2n) is 5.01. The Kier molecular flexibility index (Phi) is 5.08. The summed E-state index contributed by atoms with van der Waals surface area (Å²) in [6, 6.07) is 1.66. The number of aryl methyl sites for hydroxylation is 1. The molecule has 1 aromatic heterocycles. The number of aromatic nitrogens is 2. The number of nitrogens with one attached hydrogen (secondary N) is 1. The minimum atomic E-state index is -4.41. The lowest BCUT2D eigenvalue weighted by atomic mass is 9.77. The average molecular weight is 323 g/mol. The third kappa shape index (κ3) is 3.66. The van der Waals surface area contributed by atoms with Gasteiger partial charge in [-0.2, -0.15) is 13.2 Å². The Balaban J connectivity index is 0.000000774. The molecule has 3 heterocycles. The van der Waals surface area contributed by atoms with Crippen LogP contribution in [0.2, 0.25) is 0 Å². The van der Waals surface area contributed by atoms with E-state index in [2.05, 4.69) is 14.6 Å². The van der Waals surface area contributed by atoms with Crippen molar-refractivity contribution >= 4 is 12.0 Å². The highest BCUT2D eigenvalue weighted by atomic mass is 32.2. The topological polar surface area (TPSA) is 39.1 Å². The summed E-state index contributed by atoms with van der Waals surface area (Å²) in [5, 5.41) is 7.44. The predicted octanol–water partition coefficient (Wildman–Crippen LogP) is 3.48. The predicted molar refractivity (Wildman–Crippen MR) is 76.2 cm³/mol. The van der Waals surface area contributed by atoms with Gasteiger partial charge < -0.3 is 9.50 Å². The molecule has 21 heavy (non-hydrogen) atoms. The van der Waals surface area contributed by atoms with Gasteiger partial charge in [0.05, 0.1) is 0 Å². The van der Waals surface area contributed by atoms with E-state index in [0.29, 0.717) is 0 Å². The highest BCUT2D eigenvalue weighted by molar-refractivity contribution is 7.95. The molecule has 0 amide bonds. The third-order valence-electron chi connectivity index (χ3n) is 3.79. The van der Waals surface area contributed by atoms with Gasteiger partial charge in [0.2, 0.25) is 5.88 Å². The van der Waals surface area contributed by atoms with Crippen molar-refractivity contribution in [3.63, 3.8) is 0 Å². The summed E-state index contributed by atoms with van der Waals surface area (Å²) >= 11 is -0.510. The van der Waals surface area contributed by atoms with Crippen LogP contribution in [-0.4, -0.2) is 28.4 Å². The van der Waals surface area contributed by atoms with Gasteiger partial charge in [0.25, 0.3) is 0 Å². The Hall–Kier alpha value is -0.890. The summed E-state index contributed by atoms with van der Waals surface area (Å²) in [4.78, 5) is 0. The Morgan fingerprint density at radius 1 is 1.38 bits per heavy atom. The molecule has 4 nitrogen and oxygen atoms in total. The molecule has 1 spiro atoms. The largest absolute Gasteiger partial charge is 0.479 e. The molecule has 2 aliphatic heterocycles. The van der Waals surface area contributed by atoms with Gasteiger partial charge in [-0.3, -0.25) is 4.68 Å². The quantitative estimate of drug-likeness (QED) is 0.846. The first-order chi connectivity index (χ1) is 9.99. The van der Waals surface area contributed by atoms with E-state index in [1.165, 1.54) is 0 Å². The molecule has 1 unspecified atom stereocenters. The van der Waals surface area contributed by atoms with E-state index in [9.17, 15) is 13.2 Å². The van der Waals surface area contributed by atoms with Crippen LogP contribution < -0.4 is 9.50 Å². The van der Waals surface area contributed by atoms with Gasteiger partial charge in [0.15, 0.2) is 12.0 Å². The normalized spacial score (nSPS) is 24.4. The van der Waals surface area contributed by atoms with Gasteiger partial charge in [-0.1, -0.05) is 13.8 Å². The fraction of sp³-hybridized carbons (Fsp3) is 0.769. The molecule has 0 radical (unpaired) electrons. The summed E-state index contributed by atoms with van der Waals surface area (Å²) in [5.74, 6) is 0.0468. The maximum Gasteiger partial charge on any atom is 0.479 e. The molecule has 2 aliphatic rings. The number of nitrogens with zero attached hydrogens (tertiary/aromatic N) is 2. The van der Waals surface area contributed by atoms with Crippen molar-refractivity contribution in [2.45, 2.75) is 50.6 Å². The maximum absolute atomic E-state index is 12.1. The zero-order valence-electron chi connectivity index (χ0n) is 12.2. The summed E-state index contributed by atoms with van der Waals surface area (Å²) in [5.41, 5.74) is -3.38. The van der Waals surface area contributed by atoms with Crippen LogP contribution >= 0.6 is 12.0 Å². The van der Waals surface area contributed by atoms with Gasteiger partial charge in [-0.25, -0.2) is 0 Å². The molecule has 0 bridgehead atoms. The average Bonchev–Trinajstić information content (AvgIpc) is 3.06. The van der Waals surface area contributed by atoms with E-state index in [-0.39, 0.29) is 11.3 Å². The van der Waals surface area contributed by atoms with E-state index in [1.807, 2.05) is 13.8 Å². The van der Waals surface area contributed by atoms with E-state index in [1.54, 1.807) is 10.7 Å². The molecule has 1 N–H and O–H groups in total. The molecule has 0 aromatic carbocycles. The lowest BCUT2D eigenvalue weighted by molar-refractivity contribution is -0.0370. The second-order valence-corrected chi connectivity index (χ2v) is 5.81. The highest BCUT2D eigenvalue weighted by Gasteiger charge is 2.41. The number of halogens is 3. The first-order valence-electron chi connectivity index (χ1n) is 7.20. The lowest BCUT2D eigenvalue weighted by Gasteiger charge is -2.32. The molecule has 8 heteroatoms. The molecule has 1 saturated heterocycles. The highest BCUT2D eigenvalue weighted by Crippen LogP contribution is 2.41. The summed E-state index contributed by atoms with van der Waals surface area (Å²) < 4.78 is 42.8. The number of rotatable bonds is 2. The van der Waals surface area contributed by atoms with E-state index >= 15 is 0 Å². The van der Waals surface area contributed by atoms with Gasteiger partial charge >= 0.3 is 5.51 Å². The van der Waals surface area contributed by atoms with Crippen LogP contribution in [0.3, 0.4) is 0 Å². The number of fused-ring (bicyclic) bond motifs is 2. The lowest BCUT2D eigenvalue weighted by Crippen LogP contribution is -2.35. The van der Waals surface area contributed by atoms with Crippen LogP contribution in [0.4, 0.5) is 13.2 Å². The summed E-state index contributed by atoms with van der Waals surface area (Å²) in [6.45, 7) is 6.56. The fourth-order valence-corrected chi connectivity index (χ4v) is 3.25. The summed E-state index contributed by atoms with van der Waals surface area (Å²) in [6.07, 6.45) is 3.06. The first-order valence-corrected chi connectivity index (χ1v) is 7.94. The minimum absolute atomic E-state index is 0.0236. The molecule has 0 aliphatic carbocycles. The van der Waals surface area contributed by atoms with Crippen LogP contribution in [0.5, 0.6) is 5.88 Å². The van der Waals surface area contributed by atoms with Crippen molar-refractivity contribution in [1.29, 1.82) is 0 Å². The van der Waals surface area contributed by atoms with Crippen molar-refractivity contribution < 1.29 is 17.4 Å². The van der Waals surface area contributed by atoms with E-state index in [4.69, 9.17) is 0 Å². The zero-order chi connectivity index (χ0) is 15.5. The van der Waals surface area contributed by atoms with Crippen molar-refractivity contribution in [1.82, 2.24) is 15.1 Å². The molecular weight excluding hydrogens is 303 g/mol. The third-order valence-corrected chi connectivity index (χ3v) is 4.23. The smallest absolute Gasteiger partial charge is 0.395 e. The zero-order valence-corrected chi connectivity index (χ0v) is 13.0. The Morgan fingerprint density at radius 2 is 2.14 bits per heavy atom. The van der Waals surface area contributed by atoms with E-state index < -0.39 is 17.6 Å². The van der Waals surface area contributed by atoms with Crippen LogP contribution in [-0.2, 0) is 12.0 Å². The van der Waals surface area contributed by atoms with Crippen LogP contribution in [0.25, 0.3) is 0 Å². The molecule has 1 aromatic rings. The van der Waals surface area contributed by atoms with Crippen molar-refractivity contribution in [2.75, 3.05) is 13.1 Å². The molecule has 1 fully saturated rings. The Labute approximate surface area is 126 Å². The standard InChI is InChI=1S/C11H14F3N3OS.C2H6/c12-11(13,14)19-18-9-6-8-10(3-4-15-7-10)2-1-5-17(8)16-9;1-2/h6,15H,1-5,7H2;1-2H3. The molecule has 1 atom stereocenters. The van der Waals surface area contributed by atoms with Gasteiger partial charge in [-0.05, 0) is 25.8 Å². The Bertz CT molecular complexity index is 470. The minimum Gasteiger partial charge on any atom is -0.395 e. The van der Waals surface area contributed by atoms with Crippen molar-refractivity contribution in [3.8, 4) is 5.88 Å². The Morgan fingerprint density at radius 3 is 2.76 bits per heavy atom. The SMILES string of the molecule is CC.FC(F)(F)SOc1cc2n(n1)CCCC21CCNC1. The van der Waals surface area contributed by atoms with Crippen LogP contribution in [0.1, 0.15) is 38.8 Å². The number of alkyl halides is 3. The summed E-state index contributed by atoms with van der Waals surface area (Å²) in [7, 11) is 0. The van der Waals surface area contributed by atoms with Crippen molar-refractivity contribution in [3.05, 3.63) is 11.8 Å². The fourth-order valence-electron chi connectivity index (χ4n) is 2.99. The number of hydrogen-bond donors (Lipinski definition) is 1. The van der Waals surface area contributed by atoms with Crippen LogP contribution in [0, 0.1) is 0 Å². The monoisotopic (exact) mass is 323 g/mol. The van der Waals surface area contributed by atoms with Crippen molar-refractivity contribution in [2.24, 2.45) is 0 Å². The molecule has 0 saturated carbocycles. The molecular formula is C13H20F3N3OS. The van der Waals surface area contributed by atoms with E-state index in [0.717, 1.165) is 44.6 Å². The molecule has 3 rings (SSSR count).